The number of carbonyl (C=O) groups is 2. The molecule has 0 atom stereocenters. The van der Waals surface area contributed by atoms with Crippen molar-refractivity contribution in [3.8, 4) is 5.75 Å². The van der Waals surface area contributed by atoms with E-state index in [-0.39, 0.29) is 17.7 Å². The zero-order chi connectivity index (χ0) is 18.9. The number of benzene rings is 1. The standard InChI is InChI=1S/C21H32N2O3/c1-4-5-11-22-21(25)18-8-12-23(13-9-18)20(24)10-14-26-19-7-6-16(2)15-17(19)3/h6-7,15,18H,4-5,8-14H2,1-3H3,(H,22,25). The minimum atomic E-state index is 0.0439. The van der Waals surface area contributed by atoms with Crippen LogP contribution in [0.1, 0.15) is 50.2 Å². The topological polar surface area (TPSA) is 58.6 Å². The van der Waals surface area contributed by atoms with Crippen molar-refractivity contribution in [1.82, 2.24) is 10.2 Å². The number of nitrogens with one attached hydrogen (secondary N) is 1. The fourth-order valence-corrected chi connectivity index (χ4v) is 3.29. The van der Waals surface area contributed by atoms with E-state index in [1.807, 2.05) is 30.9 Å². The van der Waals surface area contributed by atoms with E-state index < -0.39 is 0 Å². The Balaban J connectivity index is 1.68. The Bertz CT molecular complexity index is 607. The van der Waals surface area contributed by atoms with Crippen LogP contribution in [-0.2, 0) is 9.59 Å². The predicted molar refractivity (Wildman–Crippen MR) is 103 cm³/mol. The molecule has 0 spiro atoms. The summed E-state index contributed by atoms with van der Waals surface area (Å²) in [5.41, 5.74) is 2.29. The lowest BCUT2D eigenvalue weighted by molar-refractivity contribution is -0.136. The summed E-state index contributed by atoms with van der Waals surface area (Å²) in [6.07, 6.45) is 3.98. The molecule has 1 N–H and O–H groups in total. The van der Waals surface area contributed by atoms with Gasteiger partial charge in [0.05, 0.1) is 13.0 Å². The molecular formula is C21H32N2O3. The molecular weight excluding hydrogens is 328 g/mol. The van der Waals surface area contributed by atoms with Crippen LogP contribution in [0.4, 0.5) is 0 Å². The summed E-state index contributed by atoms with van der Waals surface area (Å²) < 4.78 is 5.76. The second kappa shape index (κ2) is 10.2. The van der Waals surface area contributed by atoms with E-state index in [4.69, 9.17) is 4.74 Å². The highest BCUT2D eigenvalue weighted by atomic mass is 16.5. The fraction of sp³-hybridized carbons (Fsp3) is 0.619. The number of rotatable bonds is 8. The third-order valence-corrected chi connectivity index (χ3v) is 4.95. The van der Waals surface area contributed by atoms with Gasteiger partial charge in [-0.3, -0.25) is 9.59 Å². The van der Waals surface area contributed by atoms with Crippen LogP contribution in [0.5, 0.6) is 5.75 Å². The molecule has 1 fully saturated rings. The van der Waals surface area contributed by atoms with Gasteiger partial charge in [0.25, 0.3) is 0 Å². The van der Waals surface area contributed by atoms with Crippen LogP contribution >= 0.6 is 0 Å². The first kappa shape index (κ1) is 20.3. The van der Waals surface area contributed by atoms with E-state index in [1.165, 1.54) is 5.56 Å². The molecule has 0 aromatic heterocycles. The number of hydrogen-bond acceptors (Lipinski definition) is 3. The highest BCUT2D eigenvalue weighted by Gasteiger charge is 2.26. The highest BCUT2D eigenvalue weighted by molar-refractivity contribution is 5.80. The summed E-state index contributed by atoms with van der Waals surface area (Å²) in [4.78, 5) is 26.3. The third-order valence-electron chi connectivity index (χ3n) is 4.95. The first-order chi connectivity index (χ1) is 12.5. The lowest BCUT2D eigenvalue weighted by Gasteiger charge is -2.31. The van der Waals surface area contributed by atoms with Gasteiger partial charge in [-0.25, -0.2) is 0 Å². The molecule has 26 heavy (non-hydrogen) atoms. The maximum atomic E-state index is 12.4. The van der Waals surface area contributed by atoms with Gasteiger partial charge >= 0.3 is 0 Å². The Morgan fingerprint density at radius 2 is 1.96 bits per heavy atom. The van der Waals surface area contributed by atoms with Crippen LogP contribution in [0, 0.1) is 19.8 Å². The molecule has 0 radical (unpaired) electrons. The predicted octanol–water partition coefficient (Wildman–Crippen LogP) is 3.23. The minimum Gasteiger partial charge on any atom is -0.493 e. The van der Waals surface area contributed by atoms with E-state index in [1.54, 1.807) is 0 Å². The molecule has 144 valence electrons. The SMILES string of the molecule is CCCCNC(=O)C1CCN(C(=O)CCOc2ccc(C)cc2C)CC1. The molecule has 1 aromatic carbocycles. The maximum absolute atomic E-state index is 12.4. The molecule has 1 aliphatic rings. The van der Waals surface area contributed by atoms with E-state index >= 15 is 0 Å². The van der Waals surface area contributed by atoms with Gasteiger partial charge in [0, 0.05) is 25.6 Å². The molecule has 0 saturated carbocycles. The Morgan fingerprint density at radius 1 is 1.23 bits per heavy atom. The van der Waals surface area contributed by atoms with Gasteiger partial charge in [-0.05, 0) is 44.7 Å². The number of aryl methyl sites for hydroxylation is 2. The van der Waals surface area contributed by atoms with Gasteiger partial charge in [0.1, 0.15) is 5.75 Å². The molecule has 0 bridgehead atoms. The largest absolute Gasteiger partial charge is 0.493 e. The third kappa shape index (κ3) is 6.04. The first-order valence-electron chi connectivity index (χ1n) is 9.76. The molecule has 1 saturated heterocycles. The van der Waals surface area contributed by atoms with Crippen LogP contribution in [0.2, 0.25) is 0 Å². The Labute approximate surface area is 157 Å². The molecule has 5 heteroatoms. The summed E-state index contributed by atoms with van der Waals surface area (Å²) >= 11 is 0. The number of amides is 2. The zero-order valence-corrected chi connectivity index (χ0v) is 16.3. The maximum Gasteiger partial charge on any atom is 0.225 e. The van der Waals surface area contributed by atoms with Crippen molar-refractivity contribution in [2.75, 3.05) is 26.2 Å². The van der Waals surface area contributed by atoms with E-state index in [2.05, 4.69) is 18.3 Å². The van der Waals surface area contributed by atoms with Gasteiger partial charge in [0.2, 0.25) is 11.8 Å². The highest BCUT2D eigenvalue weighted by Crippen LogP contribution is 2.20. The molecule has 0 aliphatic carbocycles. The Kier molecular flexibility index (Phi) is 7.95. The molecule has 0 unspecified atom stereocenters. The van der Waals surface area contributed by atoms with Crippen molar-refractivity contribution >= 4 is 11.8 Å². The molecule has 1 heterocycles. The lowest BCUT2D eigenvalue weighted by Crippen LogP contribution is -2.43. The van der Waals surface area contributed by atoms with Crippen molar-refractivity contribution < 1.29 is 14.3 Å². The molecule has 2 amide bonds. The number of unbranched alkanes of at least 4 members (excludes halogenated alkanes) is 1. The van der Waals surface area contributed by atoms with E-state index in [0.717, 1.165) is 43.5 Å². The number of piperidine rings is 1. The molecule has 1 aliphatic heterocycles. The summed E-state index contributed by atoms with van der Waals surface area (Å²) in [6, 6.07) is 6.05. The summed E-state index contributed by atoms with van der Waals surface area (Å²) in [7, 11) is 0. The van der Waals surface area contributed by atoms with Crippen LogP contribution in [0.25, 0.3) is 0 Å². The smallest absolute Gasteiger partial charge is 0.225 e. The van der Waals surface area contributed by atoms with Crippen molar-refractivity contribution in [3.05, 3.63) is 29.3 Å². The fourth-order valence-electron chi connectivity index (χ4n) is 3.29. The van der Waals surface area contributed by atoms with Crippen LogP contribution < -0.4 is 10.1 Å². The van der Waals surface area contributed by atoms with Gasteiger partial charge in [0.15, 0.2) is 0 Å². The van der Waals surface area contributed by atoms with Gasteiger partial charge in [-0.1, -0.05) is 31.0 Å². The number of hydrogen-bond donors (Lipinski definition) is 1. The summed E-state index contributed by atoms with van der Waals surface area (Å²) in [6.45, 7) is 8.64. The normalized spacial score (nSPS) is 15.0. The second-order valence-electron chi connectivity index (χ2n) is 7.17. The lowest BCUT2D eigenvalue weighted by atomic mass is 9.95. The monoisotopic (exact) mass is 360 g/mol. The zero-order valence-electron chi connectivity index (χ0n) is 16.3. The van der Waals surface area contributed by atoms with Crippen LogP contribution in [0.15, 0.2) is 18.2 Å². The van der Waals surface area contributed by atoms with Crippen molar-refractivity contribution in [3.63, 3.8) is 0 Å². The van der Waals surface area contributed by atoms with Gasteiger partial charge in [-0.15, -0.1) is 0 Å². The molecule has 2 rings (SSSR count). The Hall–Kier alpha value is -2.04. The minimum absolute atomic E-state index is 0.0439. The Morgan fingerprint density at radius 3 is 2.62 bits per heavy atom. The summed E-state index contributed by atoms with van der Waals surface area (Å²) in [5, 5.41) is 3.00. The molecule has 1 aromatic rings. The van der Waals surface area contributed by atoms with Crippen molar-refractivity contribution in [1.29, 1.82) is 0 Å². The van der Waals surface area contributed by atoms with E-state index in [0.29, 0.717) is 26.1 Å². The second-order valence-corrected chi connectivity index (χ2v) is 7.17. The van der Waals surface area contributed by atoms with Gasteiger partial charge < -0.3 is 15.0 Å². The number of ether oxygens (including phenoxy) is 1. The summed E-state index contributed by atoms with van der Waals surface area (Å²) in [5.74, 6) is 1.14. The number of carbonyl (C=O) groups excluding carboxylic acids is 2. The van der Waals surface area contributed by atoms with Crippen LogP contribution in [-0.4, -0.2) is 43.0 Å². The van der Waals surface area contributed by atoms with Crippen molar-refractivity contribution in [2.45, 2.75) is 52.9 Å². The average molecular weight is 360 g/mol. The first-order valence-corrected chi connectivity index (χ1v) is 9.76. The van der Waals surface area contributed by atoms with Crippen LogP contribution in [0.3, 0.4) is 0 Å². The average Bonchev–Trinajstić information content (AvgIpc) is 2.63. The number of nitrogens with zero attached hydrogens (tertiary/aromatic N) is 1. The molecule has 5 nitrogen and oxygen atoms in total. The van der Waals surface area contributed by atoms with E-state index in [9.17, 15) is 9.59 Å². The quantitative estimate of drug-likeness (QED) is 0.724. The van der Waals surface area contributed by atoms with Crippen molar-refractivity contribution in [2.24, 2.45) is 5.92 Å². The number of likely N-dealkylation sites (tertiary alicyclic amines) is 1. The van der Waals surface area contributed by atoms with Gasteiger partial charge in [-0.2, -0.15) is 0 Å².